The molecule has 1 amide bonds. The normalized spacial score (nSPS) is 26.0. The zero-order valence-corrected chi connectivity index (χ0v) is 13.9. The molecule has 1 aromatic carbocycles. The number of halogens is 1. The lowest BCUT2D eigenvalue weighted by atomic mass is 10.0. The van der Waals surface area contributed by atoms with Crippen molar-refractivity contribution in [3.63, 3.8) is 0 Å². The van der Waals surface area contributed by atoms with Crippen LogP contribution in [0.2, 0.25) is 0 Å². The van der Waals surface area contributed by atoms with Gasteiger partial charge in [-0.2, -0.15) is 0 Å². The highest BCUT2D eigenvalue weighted by Gasteiger charge is 2.35. The first-order valence-electron chi connectivity index (χ1n) is 8.23. The van der Waals surface area contributed by atoms with E-state index < -0.39 is 0 Å². The molecule has 5 nitrogen and oxygen atoms in total. The molecule has 2 atom stereocenters. The number of likely N-dealkylation sites (tertiary alicyclic amines) is 1. The Morgan fingerprint density at radius 1 is 1.17 bits per heavy atom. The molecule has 1 aromatic rings. The number of benzene rings is 1. The van der Waals surface area contributed by atoms with Crippen LogP contribution in [0.3, 0.4) is 0 Å². The first kappa shape index (κ1) is 16.4. The van der Waals surface area contributed by atoms with Crippen molar-refractivity contribution < 1.29 is 14.3 Å². The molecule has 1 N–H and O–H groups in total. The Morgan fingerprint density at radius 2 is 2.00 bits per heavy atom. The van der Waals surface area contributed by atoms with Gasteiger partial charge >= 0.3 is 0 Å². The third-order valence-electron chi connectivity index (χ3n) is 4.90. The van der Waals surface area contributed by atoms with Crippen molar-refractivity contribution >= 4 is 18.3 Å². The molecule has 2 unspecified atom stereocenters. The molecule has 0 aromatic heterocycles. The number of ether oxygens (including phenoxy) is 2. The van der Waals surface area contributed by atoms with Crippen molar-refractivity contribution in [3.05, 3.63) is 23.8 Å². The summed E-state index contributed by atoms with van der Waals surface area (Å²) in [7, 11) is 0. The fourth-order valence-corrected chi connectivity index (χ4v) is 3.74. The lowest BCUT2D eigenvalue weighted by Crippen LogP contribution is -2.36. The maximum absolute atomic E-state index is 12.8. The van der Waals surface area contributed by atoms with Gasteiger partial charge in [0.2, 0.25) is 5.91 Å². The number of nitrogens with zero attached hydrogens (tertiary/aromatic N) is 1. The average Bonchev–Trinajstić information content (AvgIpc) is 3.25. The fourth-order valence-electron chi connectivity index (χ4n) is 3.74. The minimum atomic E-state index is 0. The summed E-state index contributed by atoms with van der Waals surface area (Å²) in [6.07, 6.45) is 3.07. The van der Waals surface area contributed by atoms with Gasteiger partial charge in [-0.15, -0.1) is 12.4 Å². The quantitative estimate of drug-likeness (QED) is 0.897. The van der Waals surface area contributed by atoms with Crippen molar-refractivity contribution in [1.82, 2.24) is 10.2 Å². The van der Waals surface area contributed by atoms with Crippen molar-refractivity contribution in [2.24, 2.45) is 5.92 Å². The largest absolute Gasteiger partial charge is 0.486 e. The highest BCUT2D eigenvalue weighted by molar-refractivity contribution is 5.85. The Kier molecular flexibility index (Phi) is 4.97. The van der Waals surface area contributed by atoms with Gasteiger partial charge in [0.25, 0.3) is 0 Å². The lowest BCUT2D eigenvalue weighted by molar-refractivity contribution is -0.135. The van der Waals surface area contributed by atoms with Gasteiger partial charge in [0.05, 0.1) is 12.0 Å². The van der Waals surface area contributed by atoms with E-state index in [1.807, 2.05) is 6.07 Å². The Hall–Kier alpha value is -1.46. The van der Waals surface area contributed by atoms with Crippen LogP contribution < -0.4 is 14.8 Å². The highest BCUT2D eigenvalue weighted by Crippen LogP contribution is 2.38. The van der Waals surface area contributed by atoms with Gasteiger partial charge in [0.15, 0.2) is 11.5 Å². The van der Waals surface area contributed by atoms with E-state index in [2.05, 4.69) is 22.3 Å². The summed E-state index contributed by atoms with van der Waals surface area (Å²) >= 11 is 0. The Balaban J connectivity index is 0.00000156. The summed E-state index contributed by atoms with van der Waals surface area (Å²) in [4.78, 5) is 14.8. The SMILES string of the molecule is Cl.O=C(C1CCNC1)N1CCCC1c1ccc2c(c1)OCCO2. The van der Waals surface area contributed by atoms with Crippen molar-refractivity contribution in [1.29, 1.82) is 0 Å². The molecule has 0 spiro atoms. The van der Waals surface area contributed by atoms with Crippen LogP contribution in [0.15, 0.2) is 18.2 Å². The standard InChI is InChI=1S/C17H22N2O3.ClH/c20-17(13-5-6-18-11-13)19-7-1-2-14(19)12-3-4-15-16(10-12)22-9-8-21-15;/h3-4,10,13-14,18H,1-2,5-9,11H2;1H. The number of hydrogen-bond donors (Lipinski definition) is 1. The van der Waals surface area contributed by atoms with Gasteiger partial charge in [-0.05, 0) is 43.5 Å². The minimum absolute atomic E-state index is 0. The number of carbonyl (C=O) groups excluding carboxylic acids is 1. The van der Waals surface area contributed by atoms with Gasteiger partial charge in [-0.25, -0.2) is 0 Å². The molecule has 126 valence electrons. The second-order valence-corrected chi connectivity index (χ2v) is 6.28. The molecule has 0 radical (unpaired) electrons. The molecule has 0 saturated carbocycles. The van der Waals surface area contributed by atoms with Crippen LogP contribution in [0.4, 0.5) is 0 Å². The third kappa shape index (κ3) is 3.12. The van der Waals surface area contributed by atoms with E-state index >= 15 is 0 Å². The highest BCUT2D eigenvalue weighted by atomic mass is 35.5. The second-order valence-electron chi connectivity index (χ2n) is 6.28. The van der Waals surface area contributed by atoms with Crippen molar-refractivity contribution in [2.45, 2.75) is 25.3 Å². The van der Waals surface area contributed by atoms with E-state index in [-0.39, 0.29) is 24.4 Å². The van der Waals surface area contributed by atoms with Gasteiger partial charge in [-0.3, -0.25) is 4.79 Å². The summed E-state index contributed by atoms with van der Waals surface area (Å²) in [5.41, 5.74) is 1.17. The zero-order valence-electron chi connectivity index (χ0n) is 13.1. The van der Waals surface area contributed by atoms with Crippen LogP contribution in [0, 0.1) is 5.92 Å². The molecule has 3 aliphatic rings. The smallest absolute Gasteiger partial charge is 0.227 e. The van der Waals surface area contributed by atoms with E-state index in [1.54, 1.807) is 0 Å². The molecule has 0 aliphatic carbocycles. The third-order valence-corrected chi connectivity index (χ3v) is 4.90. The van der Waals surface area contributed by atoms with Crippen LogP contribution in [0.5, 0.6) is 11.5 Å². The van der Waals surface area contributed by atoms with E-state index in [9.17, 15) is 4.79 Å². The molecular formula is C17H23ClN2O3. The number of carbonyl (C=O) groups is 1. The molecule has 3 heterocycles. The summed E-state index contributed by atoms with van der Waals surface area (Å²) < 4.78 is 11.3. The fraction of sp³-hybridized carbons (Fsp3) is 0.588. The summed E-state index contributed by atoms with van der Waals surface area (Å²) in [5, 5.41) is 3.29. The molecule has 2 fully saturated rings. The summed E-state index contributed by atoms with van der Waals surface area (Å²) in [6, 6.07) is 6.29. The Bertz CT molecular complexity index is 575. The summed E-state index contributed by atoms with van der Waals surface area (Å²) in [5.74, 6) is 2.08. The van der Waals surface area contributed by atoms with Crippen LogP contribution in [0.25, 0.3) is 0 Å². The predicted octanol–water partition coefficient (Wildman–Crippen LogP) is 2.15. The van der Waals surface area contributed by atoms with Crippen LogP contribution in [0.1, 0.15) is 30.9 Å². The maximum Gasteiger partial charge on any atom is 0.227 e. The van der Waals surface area contributed by atoms with Crippen LogP contribution in [-0.4, -0.2) is 43.7 Å². The van der Waals surface area contributed by atoms with Gasteiger partial charge < -0.3 is 19.7 Å². The Labute approximate surface area is 142 Å². The zero-order chi connectivity index (χ0) is 14.9. The molecule has 4 rings (SSSR count). The maximum atomic E-state index is 12.8. The van der Waals surface area contributed by atoms with Crippen molar-refractivity contribution in [2.75, 3.05) is 32.8 Å². The van der Waals surface area contributed by atoms with Crippen LogP contribution in [-0.2, 0) is 4.79 Å². The predicted molar refractivity (Wildman–Crippen MR) is 89.3 cm³/mol. The first-order valence-corrected chi connectivity index (χ1v) is 8.23. The van der Waals surface area contributed by atoms with E-state index in [4.69, 9.17) is 9.47 Å². The second kappa shape index (κ2) is 6.97. The minimum Gasteiger partial charge on any atom is -0.486 e. The van der Waals surface area contributed by atoms with E-state index in [1.165, 1.54) is 5.56 Å². The van der Waals surface area contributed by atoms with E-state index in [0.717, 1.165) is 50.4 Å². The van der Waals surface area contributed by atoms with Crippen LogP contribution >= 0.6 is 12.4 Å². The number of rotatable bonds is 2. The molecule has 6 heteroatoms. The monoisotopic (exact) mass is 338 g/mol. The van der Waals surface area contributed by atoms with Gasteiger partial charge in [0, 0.05) is 13.1 Å². The lowest BCUT2D eigenvalue weighted by Gasteiger charge is -2.28. The van der Waals surface area contributed by atoms with E-state index in [0.29, 0.717) is 19.1 Å². The molecule has 0 bridgehead atoms. The van der Waals surface area contributed by atoms with Gasteiger partial charge in [-0.1, -0.05) is 6.07 Å². The average molecular weight is 339 g/mol. The molecular weight excluding hydrogens is 316 g/mol. The molecule has 23 heavy (non-hydrogen) atoms. The Morgan fingerprint density at radius 3 is 2.78 bits per heavy atom. The number of nitrogens with one attached hydrogen (secondary N) is 1. The first-order chi connectivity index (χ1) is 10.8. The van der Waals surface area contributed by atoms with Crippen molar-refractivity contribution in [3.8, 4) is 11.5 Å². The summed E-state index contributed by atoms with van der Waals surface area (Å²) in [6.45, 7) is 3.85. The number of hydrogen-bond acceptors (Lipinski definition) is 4. The van der Waals surface area contributed by atoms with Gasteiger partial charge in [0.1, 0.15) is 13.2 Å². The number of fused-ring (bicyclic) bond motifs is 1. The molecule has 3 aliphatic heterocycles. The molecule has 2 saturated heterocycles. The topological polar surface area (TPSA) is 50.8 Å². The number of amides is 1.